The van der Waals surface area contributed by atoms with Crippen LogP contribution in [0.2, 0.25) is 0 Å². The number of nitrogens with one attached hydrogen (secondary N) is 1. The molecule has 4 aliphatic heterocycles. The molecule has 3 atom stereocenters. The van der Waals surface area contributed by atoms with Crippen molar-refractivity contribution in [2.45, 2.75) is 56.7 Å². The lowest BCUT2D eigenvalue weighted by Crippen LogP contribution is -2.63. The summed E-state index contributed by atoms with van der Waals surface area (Å²) < 4.78 is 5.59. The summed E-state index contributed by atoms with van der Waals surface area (Å²) in [5, 5.41) is 2.97. The van der Waals surface area contributed by atoms with Gasteiger partial charge in [0.05, 0.1) is 12.1 Å². The van der Waals surface area contributed by atoms with Gasteiger partial charge in [-0.2, -0.15) is 0 Å². The van der Waals surface area contributed by atoms with Gasteiger partial charge in [-0.3, -0.25) is 4.79 Å². The topological polar surface area (TPSA) is 65.1 Å². The van der Waals surface area contributed by atoms with Gasteiger partial charge in [0.2, 0.25) is 5.91 Å². The Balaban J connectivity index is 1.14. The number of urea groups is 1. The minimum Gasteiger partial charge on any atom is -0.369 e. The van der Waals surface area contributed by atoms with Crippen molar-refractivity contribution < 1.29 is 14.3 Å². The molecule has 0 spiro atoms. The van der Waals surface area contributed by atoms with Gasteiger partial charge >= 0.3 is 6.03 Å². The number of fused-ring (bicyclic) bond motifs is 1. The number of carbonyl (C=O) groups is 2. The van der Waals surface area contributed by atoms with Crippen LogP contribution < -0.4 is 10.2 Å². The lowest BCUT2D eigenvalue weighted by atomic mass is 9.91. The number of morpholine rings is 1. The Morgan fingerprint density at radius 1 is 1.10 bits per heavy atom. The van der Waals surface area contributed by atoms with E-state index in [1.54, 1.807) is 0 Å². The van der Waals surface area contributed by atoms with Crippen molar-refractivity contribution in [1.29, 1.82) is 0 Å². The summed E-state index contributed by atoms with van der Waals surface area (Å²) in [5.74, 6) is 0.330. The third-order valence-electron chi connectivity index (χ3n) is 7.29. The molecule has 5 rings (SSSR count). The molecule has 3 amide bonds. The Kier molecular flexibility index (Phi) is 5.31. The lowest BCUT2D eigenvalue weighted by Gasteiger charge is -2.46. The van der Waals surface area contributed by atoms with E-state index in [2.05, 4.69) is 41.4 Å². The molecule has 7 heteroatoms. The minimum absolute atomic E-state index is 0.0392. The minimum atomic E-state index is -0.0859. The van der Waals surface area contributed by atoms with Crippen molar-refractivity contribution in [2.75, 3.05) is 44.2 Å². The summed E-state index contributed by atoms with van der Waals surface area (Å²) in [6, 6.07) is 9.68. The number of ether oxygens (including phenoxy) is 1. The van der Waals surface area contributed by atoms with Gasteiger partial charge in [-0.25, -0.2) is 4.79 Å². The Bertz CT molecular complexity index is 792. The number of hydrogen-bond donors (Lipinski definition) is 1. The summed E-state index contributed by atoms with van der Waals surface area (Å²) in [4.78, 5) is 30.8. The van der Waals surface area contributed by atoms with Crippen molar-refractivity contribution in [3.05, 3.63) is 29.8 Å². The van der Waals surface area contributed by atoms with Crippen LogP contribution in [0, 0.1) is 0 Å². The maximum atomic E-state index is 12.9. The van der Waals surface area contributed by atoms with Crippen LogP contribution in [0.3, 0.4) is 0 Å². The fourth-order valence-electron chi connectivity index (χ4n) is 5.46. The van der Waals surface area contributed by atoms with Crippen LogP contribution in [-0.4, -0.2) is 79.3 Å². The quantitative estimate of drug-likeness (QED) is 0.827. The molecule has 0 radical (unpaired) electrons. The number of likely N-dealkylation sites (tertiary alicyclic amines) is 2. The van der Waals surface area contributed by atoms with E-state index in [0.29, 0.717) is 25.0 Å². The maximum absolute atomic E-state index is 12.9. The van der Waals surface area contributed by atoms with Crippen LogP contribution in [0.15, 0.2) is 24.3 Å². The van der Waals surface area contributed by atoms with Gasteiger partial charge in [-0.05, 0) is 43.4 Å². The summed E-state index contributed by atoms with van der Waals surface area (Å²) in [7, 11) is 0. The standard InChI is InChI=1S/C23H32N4O3/c1-2-18-4-3-10-27(18)19-7-5-16(6-8-19)17-12-26(13-17)23(29)25-11-9-21-20(14-25)24-22(28)15-30-21/h5-8,17-18,20-21H,2-4,9-15H2,1H3,(H,24,28)/t18?,20-,21+/m1/s1. The second-order valence-corrected chi connectivity index (χ2v) is 9.13. The number of amides is 3. The molecule has 1 unspecified atom stereocenters. The number of nitrogens with zero attached hydrogens (tertiary/aromatic N) is 3. The van der Waals surface area contributed by atoms with Crippen molar-refractivity contribution in [3.63, 3.8) is 0 Å². The number of piperidine rings is 1. The normalized spacial score (nSPS) is 29.4. The molecule has 4 heterocycles. The molecular formula is C23H32N4O3. The highest BCUT2D eigenvalue weighted by atomic mass is 16.5. The SMILES string of the molecule is CCC1CCCN1c1ccc(C2CN(C(=O)N3CC[C@@H]4OCC(=O)N[C@@H]4C3)C2)cc1. The van der Waals surface area contributed by atoms with Gasteiger partial charge < -0.3 is 24.8 Å². The zero-order valence-corrected chi connectivity index (χ0v) is 17.8. The van der Waals surface area contributed by atoms with Crippen LogP contribution in [0.25, 0.3) is 0 Å². The number of anilines is 1. The van der Waals surface area contributed by atoms with Crippen LogP contribution in [0.5, 0.6) is 0 Å². The zero-order chi connectivity index (χ0) is 20.7. The van der Waals surface area contributed by atoms with Crippen molar-refractivity contribution >= 4 is 17.6 Å². The lowest BCUT2D eigenvalue weighted by molar-refractivity contribution is -0.139. The van der Waals surface area contributed by atoms with E-state index in [0.717, 1.165) is 26.1 Å². The molecule has 1 aromatic carbocycles. The molecule has 0 aromatic heterocycles. The molecule has 4 saturated heterocycles. The second-order valence-electron chi connectivity index (χ2n) is 9.13. The van der Waals surface area contributed by atoms with Crippen LogP contribution >= 0.6 is 0 Å². The van der Waals surface area contributed by atoms with Gasteiger partial charge in [-0.1, -0.05) is 19.1 Å². The zero-order valence-electron chi connectivity index (χ0n) is 17.8. The Morgan fingerprint density at radius 2 is 1.90 bits per heavy atom. The fraction of sp³-hybridized carbons (Fsp3) is 0.652. The largest absolute Gasteiger partial charge is 0.369 e. The highest BCUT2D eigenvalue weighted by Gasteiger charge is 2.40. The summed E-state index contributed by atoms with van der Waals surface area (Å²) >= 11 is 0. The molecule has 0 aliphatic carbocycles. The number of hydrogen-bond acceptors (Lipinski definition) is 4. The van der Waals surface area contributed by atoms with Gasteiger partial charge in [0, 0.05) is 50.4 Å². The van der Waals surface area contributed by atoms with Gasteiger partial charge in [0.1, 0.15) is 6.61 Å². The van der Waals surface area contributed by atoms with Gasteiger partial charge in [-0.15, -0.1) is 0 Å². The Morgan fingerprint density at radius 3 is 2.67 bits per heavy atom. The molecular weight excluding hydrogens is 380 g/mol. The number of rotatable bonds is 3. The highest BCUT2D eigenvalue weighted by Crippen LogP contribution is 2.32. The van der Waals surface area contributed by atoms with Crippen LogP contribution in [0.1, 0.15) is 44.1 Å². The molecule has 4 fully saturated rings. The summed E-state index contributed by atoms with van der Waals surface area (Å²) in [6.45, 7) is 6.35. The molecule has 4 aliphatic rings. The average molecular weight is 413 g/mol. The number of carbonyl (C=O) groups excluding carboxylic acids is 2. The molecule has 7 nitrogen and oxygen atoms in total. The van der Waals surface area contributed by atoms with E-state index in [1.807, 2.05) is 9.80 Å². The monoisotopic (exact) mass is 412 g/mol. The van der Waals surface area contributed by atoms with E-state index >= 15 is 0 Å². The molecule has 1 aromatic rings. The van der Waals surface area contributed by atoms with E-state index in [4.69, 9.17) is 4.74 Å². The molecule has 0 bridgehead atoms. The average Bonchev–Trinajstić information content (AvgIpc) is 3.21. The first kappa shape index (κ1) is 19.7. The van der Waals surface area contributed by atoms with E-state index < -0.39 is 0 Å². The Hall–Kier alpha value is -2.28. The van der Waals surface area contributed by atoms with E-state index in [9.17, 15) is 9.59 Å². The maximum Gasteiger partial charge on any atom is 0.320 e. The molecule has 1 N–H and O–H groups in total. The number of benzene rings is 1. The summed E-state index contributed by atoms with van der Waals surface area (Å²) in [6.07, 6.45) is 4.61. The van der Waals surface area contributed by atoms with Crippen molar-refractivity contribution in [1.82, 2.24) is 15.1 Å². The van der Waals surface area contributed by atoms with Crippen molar-refractivity contribution in [2.24, 2.45) is 0 Å². The fourth-order valence-corrected chi connectivity index (χ4v) is 5.46. The van der Waals surface area contributed by atoms with Crippen LogP contribution in [-0.2, 0) is 9.53 Å². The first-order valence-electron chi connectivity index (χ1n) is 11.4. The smallest absolute Gasteiger partial charge is 0.320 e. The van der Waals surface area contributed by atoms with E-state index in [-0.39, 0.29) is 30.7 Å². The first-order valence-corrected chi connectivity index (χ1v) is 11.4. The van der Waals surface area contributed by atoms with Gasteiger partial charge in [0.25, 0.3) is 0 Å². The third-order valence-corrected chi connectivity index (χ3v) is 7.29. The molecule has 30 heavy (non-hydrogen) atoms. The predicted molar refractivity (Wildman–Crippen MR) is 115 cm³/mol. The first-order chi connectivity index (χ1) is 14.6. The third kappa shape index (κ3) is 3.64. The summed E-state index contributed by atoms with van der Waals surface area (Å²) in [5.41, 5.74) is 2.65. The highest BCUT2D eigenvalue weighted by molar-refractivity contribution is 5.79. The van der Waals surface area contributed by atoms with Gasteiger partial charge in [0.15, 0.2) is 0 Å². The Labute approximate surface area is 178 Å². The van der Waals surface area contributed by atoms with E-state index in [1.165, 1.54) is 30.5 Å². The molecule has 162 valence electrons. The molecule has 0 saturated carbocycles. The predicted octanol–water partition coefficient (Wildman–Crippen LogP) is 2.17. The second kappa shape index (κ2) is 8.10. The van der Waals surface area contributed by atoms with Crippen molar-refractivity contribution in [3.8, 4) is 0 Å². The van der Waals surface area contributed by atoms with Crippen LogP contribution in [0.4, 0.5) is 10.5 Å².